The second-order valence-electron chi connectivity index (χ2n) is 6.75. The molecular formula is C19H23N3O4S2. The lowest BCUT2D eigenvalue weighted by molar-refractivity contribution is -0.133. The first-order valence-electron chi connectivity index (χ1n) is 9.02. The second-order valence-corrected chi connectivity index (χ2v) is 9.45. The van der Waals surface area contributed by atoms with Gasteiger partial charge in [-0.1, -0.05) is 6.07 Å². The van der Waals surface area contributed by atoms with Crippen LogP contribution in [-0.4, -0.2) is 37.7 Å². The quantitative estimate of drug-likeness (QED) is 0.750. The summed E-state index contributed by atoms with van der Waals surface area (Å²) < 4.78 is 27.7. The molecule has 2 unspecified atom stereocenters. The number of sulfonamides is 1. The van der Waals surface area contributed by atoms with Crippen molar-refractivity contribution < 1.29 is 18.0 Å². The molecule has 2 atom stereocenters. The Hall–Kier alpha value is -2.23. The molecule has 2 amide bonds. The van der Waals surface area contributed by atoms with Crippen molar-refractivity contribution in [3.8, 4) is 0 Å². The molecule has 1 saturated heterocycles. The first kappa shape index (κ1) is 20.5. The van der Waals surface area contributed by atoms with E-state index in [4.69, 9.17) is 0 Å². The van der Waals surface area contributed by atoms with E-state index in [0.717, 1.165) is 17.7 Å². The number of amides is 2. The van der Waals surface area contributed by atoms with Gasteiger partial charge in [-0.05, 0) is 55.5 Å². The van der Waals surface area contributed by atoms with E-state index in [1.54, 1.807) is 23.2 Å². The van der Waals surface area contributed by atoms with Gasteiger partial charge < -0.3 is 10.2 Å². The molecule has 7 nitrogen and oxygen atoms in total. The molecule has 1 aromatic carbocycles. The standard InChI is InChI=1S/C19H23N3O4S2/c1-13(19(24)22-11-3-5-17(22)18-6-4-12-27-18)21-28(25,26)16-9-7-15(8-10-16)20-14(2)23/h4,6-10,12-13,17,21H,3,5,11H2,1-2H3,(H,20,23). The number of thiophene rings is 1. The zero-order chi connectivity index (χ0) is 20.3. The number of hydrogen-bond donors (Lipinski definition) is 2. The van der Waals surface area contributed by atoms with Gasteiger partial charge in [-0.25, -0.2) is 8.42 Å². The van der Waals surface area contributed by atoms with Crippen LogP contribution >= 0.6 is 11.3 Å². The summed E-state index contributed by atoms with van der Waals surface area (Å²) in [6.45, 7) is 3.57. The SMILES string of the molecule is CC(=O)Nc1ccc(S(=O)(=O)NC(C)C(=O)N2CCCC2c2cccs2)cc1. The second kappa shape index (κ2) is 8.42. The van der Waals surface area contributed by atoms with Crippen LogP contribution in [0.4, 0.5) is 5.69 Å². The third-order valence-electron chi connectivity index (χ3n) is 4.59. The smallest absolute Gasteiger partial charge is 0.241 e. The molecule has 2 heterocycles. The first-order chi connectivity index (χ1) is 13.3. The maximum Gasteiger partial charge on any atom is 0.241 e. The fourth-order valence-electron chi connectivity index (χ4n) is 3.33. The van der Waals surface area contributed by atoms with E-state index in [9.17, 15) is 18.0 Å². The number of rotatable bonds is 6. The summed E-state index contributed by atoms with van der Waals surface area (Å²) in [7, 11) is -3.86. The number of likely N-dealkylation sites (tertiary alicyclic amines) is 1. The van der Waals surface area contributed by atoms with Crippen molar-refractivity contribution in [1.29, 1.82) is 0 Å². The molecule has 2 aromatic rings. The summed E-state index contributed by atoms with van der Waals surface area (Å²) in [5.41, 5.74) is 0.506. The van der Waals surface area contributed by atoms with Crippen LogP contribution < -0.4 is 10.0 Å². The van der Waals surface area contributed by atoms with Crippen LogP contribution in [0.1, 0.15) is 37.6 Å². The highest BCUT2D eigenvalue weighted by Gasteiger charge is 2.34. The predicted octanol–water partition coefficient (Wildman–Crippen LogP) is 2.74. The Bertz CT molecular complexity index is 940. The molecule has 0 saturated carbocycles. The Balaban J connectivity index is 1.69. The number of carbonyl (C=O) groups excluding carboxylic acids is 2. The summed E-state index contributed by atoms with van der Waals surface area (Å²) in [6.07, 6.45) is 1.79. The molecule has 1 aliphatic heterocycles. The zero-order valence-corrected chi connectivity index (χ0v) is 17.3. The average Bonchev–Trinajstić information content (AvgIpc) is 3.31. The van der Waals surface area contributed by atoms with Crippen molar-refractivity contribution in [2.75, 3.05) is 11.9 Å². The molecule has 1 fully saturated rings. The highest BCUT2D eigenvalue weighted by molar-refractivity contribution is 7.89. The van der Waals surface area contributed by atoms with Crippen molar-refractivity contribution in [3.05, 3.63) is 46.7 Å². The highest BCUT2D eigenvalue weighted by atomic mass is 32.2. The minimum atomic E-state index is -3.86. The largest absolute Gasteiger partial charge is 0.333 e. The third-order valence-corrected chi connectivity index (χ3v) is 7.12. The molecular weight excluding hydrogens is 398 g/mol. The van der Waals surface area contributed by atoms with E-state index in [0.29, 0.717) is 12.2 Å². The van der Waals surface area contributed by atoms with Crippen LogP contribution in [0.2, 0.25) is 0 Å². The Kier molecular flexibility index (Phi) is 6.17. The highest BCUT2D eigenvalue weighted by Crippen LogP contribution is 2.34. The molecule has 0 aliphatic carbocycles. The summed E-state index contributed by atoms with van der Waals surface area (Å²) in [6, 6.07) is 8.91. The lowest BCUT2D eigenvalue weighted by atomic mass is 10.1. The van der Waals surface area contributed by atoms with Crippen molar-refractivity contribution in [1.82, 2.24) is 9.62 Å². The van der Waals surface area contributed by atoms with Crippen molar-refractivity contribution in [3.63, 3.8) is 0 Å². The van der Waals surface area contributed by atoms with Gasteiger partial charge in [-0.3, -0.25) is 9.59 Å². The number of hydrogen-bond acceptors (Lipinski definition) is 5. The van der Waals surface area contributed by atoms with Gasteiger partial charge >= 0.3 is 0 Å². The normalized spacial score (nSPS) is 18.1. The minimum absolute atomic E-state index is 0.0105. The van der Waals surface area contributed by atoms with E-state index in [2.05, 4.69) is 10.0 Å². The number of carbonyl (C=O) groups is 2. The molecule has 3 rings (SSSR count). The Labute approximate surface area is 168 Å². The fraction of sp³-hybridized carbons (Fsp3) is 0.368. The monoisotopic (exact) mass is 421 g/mol. The Morgan fingerprint density at radius 3 is 2.54 bits per heavy atom. The van der Waals surface area contributed by atoms with Crippen LogP contribution in [-0.2, 0) is 19.6 Å². The number of nitrogens with one attached hydrogen (secondary N) is 2. The molecule has 0 bridgehead atoms. The van der Waals surface area contributed by atoms with E-state index in [-0.39, 0.29) is 22.8 Å². The predicted molar refractivity (Wildman–Crippen MR) is 109 cm³/mol. The molecule has 28 heavy (non-hydrogen) atoms. The van der Waals surface area contributed by atoms with Crippen molar-refractivity contribution >= 4 is 38.9 Å². The van der Waals surface area contributed by atoms with E-state index >= 15 is 0 Å². The van der Waals surface area contributed by atoms with Crippen LogP contribution in [0.25, 0.3) is 0 Å². The molecule has 1 aromatic heterocycles. The summed E-state index contributed by atoms with van der Waals surface area (Å²) in [5, 5.41) is 4.56. The van der Waals surface area contributed by atoms with Gasteiger partial charge in [0.05, 0.1) is 17.0 Å². The average molecular weight is 422 g/mol. The van der Waals surface area contributed by atoms with Crippen LogP contribution in [0.5, 0.6) is 0 Å². The van der Waals surface area contributed by atoms with E-state index < -0.39 is 16.1 Å². The lowest BCUT2D eigenvalue weighted by Gasteiger charge is -2.27. The maximum atomic E-state index is 12.9. The van der Waals surface area contributed by atoms with Gasteiger partial charge in [0.15, 0.2) is 0 Å². The van der Waals surface area contributed by atoms with Gasteiger partial charge in [-0.15, -0.1) is 11.3 Å². The molecule has 1 aliphatic rings. The maximum absolute atomic E-state index is 12.9. The molecule has 2 N–H and O–H groups in total. The Morgan fingerprint density at radius 1 is 1.21 bits per heavy atom. The number of nitrogens with zero attached hydrogens (tertiary/aromatic N) is 1. The molecule has 0 spiro atoms. The minimum Gasteiger partial charge on any atom is -0.333 e. The van der Waals surface area contributed by atoms with Gasteiger partial charge in [0.2, 0.25) is 21.8 Å². The zero-order valence-electron chi connectivity index (χ0n) is 15.7. The van der Waals surface area contributed by atoms with Gasteiger partial charge in [-0.2, -0.15) is 4.72 Å². The van der Waals surface area contributed by atoms with Crippen molar-refractivity contribution in [2.45, 2.75) is 43.7 Å². The number of benzene rings is 1. The molecule has 9 heteroatoms. The lowest BCUT2D eigenvalue weighted by Crippen LogP contribution is -2.46. The Morgan fingerprint density at radius 2 is 1.93 bits per heavy atom. The van der Waals surface area contributed by atoms with Crippen LogP contribution in [0, 0.1) is 0 Å². The van der Waals surface area contributed by atoms with Gasteiger partial charge in [0, 0.05) is 24.0 Å². The van der Waals surface area contributed by atoms with E-state index in [1.165, 1.54) is 31.2 Å². The van der Waals surface area contributed by atoms with Crippen LogP contribution in [0.3, 0.4) is 0 Å². The molecule has 150 valence electrons. The first-order valence-corrected chi connectivity index (χ1v) is 11.4. The number of anilines is 1. The van der Waals surface area contributed by atoms with Gasteiger partial charge in [0.1, 0.15) is 0 Å². The van der Waals surface area contributed by atoms with Crippen molar-refractivity contribution in [2.24, 2.45) is 0 Å². The molecule has 0 radical (unpaired) electrons. The third kappa shape index (κ3) is 4.60. The fourth-order valence-corrected chi connectivity index (χ4v) is 5.40. The summed E-state index contributed by atoms with van der Waals surface area (Å²) >= 11 is 1.61. The summed E-state index contributed by atoms with van der Waals surface area (Å²) in [4.78, 5) is 26.9. The van der Waals surface area contributed by atoms with Crippen LogP contribution in [0.15, 0.2) is 46.7 Å². The summed E-state index contributed by atoms with van der Waals surface area (Å²) in [5.74, 6) is -0.465. The van der Waals surface area contributed by atoms with Gasteiger partial charge in [0.25, 0.3) is 0 Å². The topological polar surface area (TPSA) is 95.6 Å². The van der Waals surface area contributed by atoms with E-state index in [1.807, 2.05) is 17.5 Å².